The molecule has 31 heavy (non-hydrogen) atoms. The van der Waals surface area contributed by atoms with E-state index in [-0.39, 0.29) is 39.4 Å². The van der Waals surface area contributed by atoms with Gasteiger partial charge in [-0.25, -0.2) is 9.78 Å². The lowest BCUT2D eigenvalue weighted by molar-refractivity contribution is -0.113. The van der Waals surface area contributed by atoms with Crippen molar-refractivity contribution >= 4 is 56.8 Å². The number of carbonyl (C=O) groups is 3. The van der Waals surface area contributed by atoms with Crippen LogP contribution in [0, 0.1) is 6.92 Å². The molecule has 0 fully saturated rings. The minimum atomic E-state index is -2.81. The molecule has 0 saturated carbocycles. The van der Waals surface area contributed by atoms with E-state index in [9.17, 15) is 23.2 Å². The van der Waals surface area contributed by atoms with Crippen LogP contribution in [0.1, 0.15) is 46.0 Å². The van der Waals surface area contributed by atoms with Crippen molar-refractivity contribution in [1.29, 1.82) is 0 Å². The molecule has 2 heterocycles. The topological polar surface area (TPSA) is 90.3 Å². The van der Waals surface area contributed by atoms with E-state index in [2.05, 4.69) is 10.3 Å². The molecule has 0 spiro atoms. The van der Waals surface area contributed by atoms with Crippen molar-refractivity contribution in [3.8, 4) is 0 Å². The van der Waals surface area contributed by atoms with Crippen LogP contribution in [0.2, 0.25) is 0 Å². The van der Waals surface area contributed by atoms with Crippen LogP contribution in [0.15, 0.2) is 29.4 Å². The van der Waals surface area contributed by atoms with E-state index in [1.165, 1.54) is 13.0 Å². The van der Waals surface area contributed by atoms with Crippen LogP contribution in [0.3, 0.4) is 0 Å². The van der Waals surface area contributed by atoms with Crippen molar-refractivity contribution < 1.29 is 27.9 Å². The molecule has 0 radical (unpaired) electrons. The number of ketones is 1. The maximum Gasteiger partial charge on any atom is 0.341 e. The third-order valence-electron chi connectivity index (χ3n) is 4.29. The molecule has 164 valence electrons. The summed E-state index contributed by atoms with van der Waals surface area (Å²) in [5, 5.41) is 2.79. The van der Waals surface area contributed by atoms with Gasteiger partial charge in [-0.15, -0.1) is 11.3 Å². The van der Waals surface area contributed by atoms with Gasteiger partial charge in [0.2, 0.25) is 5.91 Å². The minimum absolute atomic E-state index is 0.00347. The molecule has 2 aromatic heterocycles. The van der Waals surface area contributed by atoms with E-state index in [4.69, 9.17) is 4.74 Å². The lowest BCUT2D eigenvalue weighted by atomic mass is 10.1. The van der Waals surface area contributed by atoms with Gasteiger partial charge in [-0.3, -0.25) is 14.2 Å². The fraction of sp³-hybridized carbons (Fsp3) is 0.300. The summed E-state index contributed by atoms with van der Waals surface area (Å²) in [7, 11) is 0. The van der Waals surface area contributed by atoms with Crippen LogP contribution < -0.4 is 5.32 Å². The molecule has 3 aromatic rings. The van der Waals surface area contributed by atoms with Gasteiger partial charge in [0.25, 0.3) is 0 Å². The fourth-order valence-corrected chi connectivity index (χ4v) is 4.91. The number of imidazole rings is 1. The summed E-state index contributed by atoms with van der Waals surface area (Å²) in [5.74, 6) is -1.63. The molecule has 0 saturated heterocycles. The number of fused-ring (bicyclic) bond motifs is 1. The molecule has 11 heteroatoms. The van der Waals surface area contributed by atoms with Gasteiger partial charge in [-0.05, 0) is 38.5 Å². The van der Waals surface area contributed by atoms with Crippen molar-refractivity contribution in [1.82, 2.24) is 9.55 Å². The summed E-state index contributed by atoms with van der Waals surface area (Å²) < 4.78 is 32.9. The van der Waals surface area contributed by atoms with Gasteiger partial charge >= 0.3 is 12.5 Å². The molecule has 7 nitrogen and oxygen atoms in total. The number of carbonyl (C=O) groups excluding carboxylic acids is 3. The van der Waals surface area contributed by atoms with E-state index in [1.807, 2.05) is 0 Å². The normalized spacial score (nSPS) is 11.2. The van der Waals surface area contributed by atoms with E-state index in [0.29, 0.717) is 16.0 Å². The predicted octanol–water partition coefficient (Wildman–Crippen LogP) is 4.91. The molecule has 0 aliphatic heterocycles. The number of Topliss-reactive ketones (excluding diaryl/α,β-unsaturated/α-hetero) is 1. The van der Waals surface area contributed by atoms with Crippen LogP contribution in [-0.4, -0.2) is 39.6 Å². The Kier molecular flexibility index (Phi) is 7.06. The van der Waals surface area contributed by atoms with Crippen molar-refractivity contribution in [2.24, 2.45) is 0 Å². The Balaban J connectivity index is 1.81. The number of nitrogens with one attached hydrogen (secondary N) is 1. The van der Waals surface area contributed by atoms with E-state index >= 15 is 0 Å². The van der Waals surface area contributed by atoms with Gasteiger partial charge in [0.15, 0.2) is 10.9 Å². The molecule has 0 bridgehead atoms. The number of alkyl halides is 2. The van der Waals surface area contributed by atoms with Crippen molar-refractivity contribution in [3.05, 3.63) is 40.3 Å². The maximum atomic E-state index is 13.5. The molecule has 1 amide bonds. The zero-order valence-electron chi connectivity index (χ0n) is 16.9. The number of hydrogen-bond donors (Lipinski definition) is 1. The number of nitrogens with zero attached hydrogens (tertiary/aromatic N) is 2. The summed E-state index contributed by atoms with van der Waals surface area (Å²) in [6.07, 6.45) is 0. The Morgan fingerprint density at radius 1 is 1.29 bits per heavy atom. The lowest BCUT2D eigenvalue weighted by Crippen LogP contribution is -2.17. The lowest BCUT2D eigenvalue weighted by Gasteiger charge is -2.08. The second-order valence-electron chi connectivity index (χ2n) is 6.40. The highest BCUT2D eigenvalue weighted by Crippen LogP contribution is 2.35. The first-order valence-corrected chi connectivity index (χ1v) is 11.0. The van der Waals surface area contributed by atoms with Crippen molar-refractivity contribution in [3.63, 3.8) is 0 Å². The first-order valence-electron chi connectivity index (χ1n) is 9.23. The Bertz CT molecular complexity index is 1160. The third kappa shape index (κ3) is 4.77. The zero-order chi connectivity index (χ0) is 22.7. The maximum absolute atomic E-state index is 13.5. The molecule has 1 aromatic carbocycles. The number of benzene rings is 1. The third-order valence-corrected chi connectivity index (χ3v) is 6.55. The molecule has 1 N–H and O–H groups in total. The average Bonchev–Trinajstić information content (AvgIpc) is 3.24. The van der Waals surface area contributed by atoms with Gasteiger partial charge in [-0.2, -0.15) is 8.78 Å². The Morgan fingerprint density at radius 3 is 2.65 bits per heavy atom. The number of thioether (sulfide) groups is 1. The van der Waals surface area contributed by atoms with Crippen LogP contribution in [0.5, 0.6) is 0 Å². The average molecular weight is 468 g/mol. The Hall–Kier alpha value is -2.79. The number of halogens is 2. The van der Waals surface area contributed by atoms with Gasteiger partial charge in [0.1, 0.15) is 5.00 Å². The predicted molar refractivity (Wildman–Crippen MR) is 115 cm³/mol. The van der Waals surface area contributed by atoms with Crippen LogP contribution in [-0.2, 0) is 9.53 Å². The summed E-state index contributed by atoms with van der Waals surface area (Å²) >= 11 is 1.83. The number of rotatable bonds is 8. The van der Waals surface area contributed by atoms with Gasteiger partial charge in [-0.1, -0.05) is 23.9 Å². The monoisotopic (exact) mass is 467 g/mol. The fourth-order valence-electron chi connectivity index (χ4n) is 2.99. The molecule has 0 aliphatic carbocycles. The van der Waals surface area contributed by atoms with E-state index in [0.717, 1.165) is 27.7 Å². The highest BCUT2D eigenvalue weighted by Gasteiger charge is 2.26. The summed E-state index contributed by atoms with van der Waals surface area (Å²) in [5.41, 5.74) is 1.22. The first kappa shape index (κ1) is 22.9. The summed E-state index contributed by atoms with van der Waals surface area (Å²) in [6.45, 7) is 1.94. The summed E-state index contributed by atoms with van der Waals surface area (Å²) in [4.78, 5) is 41.2. The van der Waals surface area contributed by atoms with Crippen LogP contribution >= 0.6 is 23.1 Å². The number of para-hydroxylation sites is 2. The SMILES string of the molecule is CCOC(=O)c1c(NC(=O)CSc2nc3ccccc3n2C(F)F)sc(C(C)=O)c1C. The number of thiophene rings is 1. The highest BCUT2D eigenvalue weighted by molar-refractivity contribution is 7.99. The summed E-state index contributed by atoms with van der Waals surface area (Å²) in [6, 6.07) is 6.46. The smallest absolute Gasteiger partial charge is 0.341 e. The number of esters is 1. The highest BCUT2D eigenvalue weighted by atomic mass is 32.2. The number of anilines is 1. The molecule has 0 unspecified atom stereocenters. The number of aromatic nitrogens is 2. The Morgan fingerprint density at radius 2 is 2.00 bits per heavy atom. The van der Waals surface area contributed by atoms with E-state index < -0.39 is 18.4 Å². The van der Waals surface area contributed by atoms with Crippen LogP contribution in [0.25, 0.3) is 11.0 Å². The molecular weight excluding hydrogens is 448 g/mol. The molecule has 0 aliphatic rings. The molecular formula is C20H19F2N3O4S2. The van der Waals surface area contributed by atoms with Crippen LogP contribution in [0.4, 0.5) is 13.8 Å². The van der Waals surface area contributed by atoms with Gasteiger partial charge in [0.05, 0.1) is 33.8 Å². The van der Waals surface area contributed by atoms with Gasteiger partial charge < -0.3 is 10.1 Å². The molecule has 3 rings (SSSR count). The largest absolute Gasteiger partial charge is 0.462 e. The second-order valence-corrected chi connectivity index (χ2v) is 8.37. The minimum Gasteiger partial charge on any atom is -0.462 e. The van der Waals surface area contributed by atoms with Crippen molar-refractivity contribution in [2.45, 2.75) is 32.5 Å². The number of amides is 1. The zero-order valence-corrected chi connectivity index (χ0v) is 18.5. The standard InChI is InChI=1S/C20H19F2N3O4S2/c1-4-29-18(28)15-10(2)16(11(3)26)31-17(15)24-14(27)9-30-20-23-12-7-5-6-8-13(12)25(20)19(21)22/h5-8,19H,4,9H2,1-3H3,(H,24,27). The van der Waals surface area contributed by atoms with Crippen molar-refractivity contribution in [2.75, 3.05) is 17.7 Å². The number of hydrogen-bond acceptors (Lipinski definition) is 7. The quantitative estimate of drug-likeness (QED) is 0.288. The van der Waals surface area contributed by atoms with E-state index in [1.54, 1.807) is 32.0 Å². The van der Waals surface area contributed by atoms with Gasteiger partial charge in [0, 0.05) is 0 Å². The second kappa shape index (κ2) is 9.56. The first-order chi connectivity index (χ1) is 14.7. The molecule has 0 atom stereocenters. The Labute approximate surface area is 184 Å². The number of ether oxygens (including phenoxy) is 1.